The Kier molecular flexibility index (Phi) is 5.15. The highest BCUT2D eigenvalue weighted by Crippen LogP contribution is 2.34. The van der Waals surface area contributed by atoms with Crippen molar-refractivity contribution < 1.29 is 18.0 Å². The molecule has 0 amide bonds. The van der Waals surface area contributed by atoms with E-state index in [0.29, 0.717) is 36.5 Å². The largest absolute Gasteiger partial charge is 0.418 e. The van der Waals surface area contributed by atoms with Crippen LogP contribution in [0.1, 0.15) is 21.6 Å². The number of nitrogens with two attached hydrogens (primary N) is 1. The molecule has 0 atom stereocenters. The highest BCUT2D eigenvalue weighted by Gasteiger charge is 2.37. The fourth-order valence-electron chi connectivity index (χ4n) is 2.68. The van der Waals surface area contributed by atoms with Crippen LogP contribution >= 0.6 is 15.9 Å². The van der Waals surface area contributed by atoms with Crippen LogP contribution in [-0.4, -0.2) is 41.9 Å². The van der Waals surface area contributed by atoms with Crippen molar-refractivity contribution >= 4 is 33.3 Å². The van der Waals surface area contributed by atoms with Crippen LogP contribution in [0.5, 0.6) is 0 Å². The lowest BCUT2D eigenvalue weighted by molar-refractivity contribution is -0.138. The molecular formula is C16H15BrF3N5O. The van der Waals surface area contributed by atoms with Crippen molar-refractivity contribution in [3.63, 3.8) is 0 Å². The van der Waals surface area contributed by atoms with E-state index in [0.717, 1.165) is 6.07 Å². The van der Waals surface area contributed by atoms with Gasteiger partial charge in [-0.3, -0.25) is 4.79 Å². The number of pyridine rings is 2. The molecule has 2 aromatic heterocycles. The maximum Gasteiger partial charge on any atom is 0.418 e. The summed E-state index contributed by atoms with van der Waals surface area (Å²) in [7, 11) is 0. The molecule has 1 fully saturated rings. The molecule has 0 bridgehead atoms. The van der Waals surface area contributed by atoms with Crippen molar-refractivity contribution in [2.45, 2.75) is 6.18 Å². The summed E-state index contributed by atoms with van der Waals surface area (Å²) < 4.78 is 40.7. The van der Waals surface area contributed by atoms with E-state index in [1.54, 1.807) is 0 Å². The molecule has 1 saturated heterocycles. The van der Waals surface area contributed by atoms with Gasteiger partial charge in [-0.2, -0.15) is 13.2 Å². The quantitative estimate of drug-likeness (QED) is 0.729. The Balaban J connectivity index is 2.09. The number of carbonyl (C=O) groups is 1. The maximum atomic E-state index is 13.4. The number of rotatable bonds is 3. The third-order valence-electron chi connectivity index (χ3n) is 3.97. The molecular weight excluding hydrogens is 415 g/mol. The van der Waals surface area contributed by atoms with Crippen molar-refractivity contribution in [3.8, 4) is 0 Å². The molecule has 2 aromatic rings. The van der Waals surface area contributed by atoms with E-state index in [1.807, 2.05) is 4.90 Å². The van der Waals surface area contributed by atoms with Gasteiger partial charge < -0.3 is 16.0 Å². The summed E-state index contributed by atoms with van der Waals surface area (Å²) in [6.45, 7) is 2.56. The number of nitrogens with one attached hydrogen (secondary N) is 1. The zero-order chi connectivity index (χ0) is 18.9. The molecule has 0 aliphatic carbocycles. The number of halogens is 4. The summed E-state index contributed by atoms with van der Waals surface area (Å²) in [4.78, 5) is 22.5. The van der Waals surface area contributed by atoms with Crippen LogP contribution in [0, 0.1) is 0 Å². The van der Waals surface area contributed by atoms with Crippen LogP contribution in [0.25, 0.3) is 0 Å². The van der Waals surface area contributed by atoms with Crippen molar-refractivity contribution in [2.24, 2.45) is 0 Å². The molecule has 3 N–H and O–H groups in total. The van der Waals surface area contributed by atoms with Crippen LogP contribution in [-0.2, 0) is 6.18 Å². The first-order valence-electron chi connectivity index (χ1n) is 7.77. The fourth-order valence-corrected chi connectivity index (χ4v) is 3.01. The number of anilines is 2. The van der Waals surface area contributed by atoms with Gasteiger partial charge in [0.1, 0.15) is 17.3 Å². The summed E-state index contributed by atoms with van der Waals surface area (Å²) in [6.07, 6.45) is -3.35. The molecule has 3 heterocycles. The predicted octanol–water partition coefficient (Wildman–Crippen LogP) is 2.48. The molecule has 138 valence electrons. The van der Waals surface area contributed by atoms with Gasteiger partial charge in [-0.05, 0) is 34.1 Å². The van der Waals surface area contributed by atoms with E-state index in [-0.39, 0.29) is 11.4 Å². The molecule has 6 nitrogen and oxygen atoms in total. The minimum absolute atomic E-state index is 0.130. The van der Waals surface area contributed by atoms with Gasteiger partial charge in [-0.15, -0.1) is 0 Å². The predicted molar refractivity (Wildman–Crippen MR) is 94.1 cm³/mol. The number of hydrogen-bond acceptors (Lipinski definition) is 6. The van der Waals surface area contributed by atoms with Crippen molar-refractivity contribution in [2.75, 3.05) is 36.8 Å². The van der Waals surface area contributed by atoms with Crippen LogP contribution in [0.2, 0.25) is 0 Å². The van der Waals surface area contributed by atoms with Gasteiger partial charge in [0.15, 0.2) is 0 Å². The zero-order valence-electron chi connectivity index (χ0n) is 13.5. The van der Waals surface area contributed by atoms with E-state index in [9.17, 15) is 18.0 Å². The lowest BCUT2D eigenvalue weighted by Crippen LogP contribution is -2.44. The van der Waals surface area contributed by atoms with E-state index in [2.05, 4.69) is 31.2 Å². The molecule has 3 rings (SSSR count). The van der Waals surface area contributed by atoms with E-state index < -0.39 is 23.2 Å². The first-order chi connectivity index (χ1) is 12.3. The van der Waals surface area contributed by atoms with Crippen LogP contribution < -0.4 is 16.0 Å². The second-order valence-electron chi connectivity index (χ2n) is 5.72. The second-order valence-corrected chi connectivity index (χ2v) is 6.63. The van der Waals surface area contributed by atoms with Gasteiger partial charge in [-0.1, -0.05) is 0 Å². The molecule has 0 saturated carbocycles. The van der Waals surface area contributed by atoms with E-state index in [4.69, 9.17) is 5.73 Å². The Morgan fingerprint density at radius 3 is 2.62 bits per heavy atom. The van der Waals surface area contributed by atoms with Crippen LogP contribution in [0.15, 0.2) is 28.9 Å². The summed E-state index contributed by atoms with van der Waals surface area (Å²) in [5.74, 6) is -0.745. The van der Waals surface area contributed by atoms with Crippen LogP contribution in [0.3, 0.4) is 0 Å². The van der Waals surface area contributed by atoms with Crippen molar-refractivity contribution in [1.82, 2.24) is 15.3 Å². The van der Waals surface area contributed by atoms with Gasteiger partial charge in [0.05, 0.1) is 11.1 Å². The molecule has 0 unspecified atom stereocenters. The number of hydrogen-bond donors (Lipinski definition) is 2. The number of nitrogens with zero attached hydrogens (tertiary/aromatic N) is 3. The number of aromatic nitrogens is 2. The van der Waals surface area contributed by atoms with Gasteiger partial charge >= 0.3 is 6.18 Å². The molecule has 0 radical (unpaired) electrons. The summed E-state index contributed by atoms with van der Waals surface area (Å²) in [6, 6.07) is 3.51. The average molecular weight is 430 g/mol. The number of carbonyl (C=O) groups excluding carboxylic acids is 1. The lowest BCUT2D eigenvalue weighted by Gasteiger charge is -2.29. The van der Waals surface area contributed by atoms with E-state index >= 15 is 0 Å². The SMILES string of the molecule is Nc1ncc(Br)cc1C(=O)c1nc(N2CCNCC2)ccc1C(F)(F)F. The lowest BCUT2D eigenvalue weighted by atomic mass is 10.0. The fraction of sp³-hybridized carbons (Fsp3) is 0.312. The van der Waals surface area contributed by atoms with Crippen LogP contribution in [0.4, 0.5) is 24.8 Å². The molecule has 0 aromatic carbocycles. The first kappa shape index (κ1) is 18.6. The van der Waals surface area contributed by atoms with E-state index in [1.165, 1.54) is 18.3 Å². The normalized spacial score (nSPS) is 15.2. The summed E-state index contributed by atoms with van der Waals surface area (Å²) in [5.41, 5.74) is 3.78. The highest BCUT2D eigenvalue weighted by molar-refractivity contribution is 9.10. The van der Waals surface area contributed by atoms with Gasteiger partial charge in [0, 0.05) is 36.8 Å². The molecule has 10 heteroatoms. The minimum Gasteiger partial charge on any atom is -0.383 e. The van der Waals surface area contributed by atoms with Gasteiger partial charge in [0.25, 0.3) is 0 Å². The Labute approximate surface area is 155 Å². The number of nitrogen functional groups attached to an aromatic ring is 1. The Morgan fingerprint density at radius 1 is 1.27 bits per heavy atom. The standard InChI is InChI=1S/C16H15BrF3N5O/c17-9-7-10(15(21)23-8-9)14(26)13-11(16(18,19)20)1-2-12(24-13)25-5-3-22-4-6-25/h1-2,7-8,22H,3-6H2,(H2,21,23). The average Bonchev–Trinajstić information content (AvgIpc) is 2.62. The number of ketones is 1. The Morgan fingerprint density at radius 2 is 1.96 bits per heavy atom. The first-order valence-corrected chi connectivity index (χ1v) is 8.56. The summed E-state index contributed by atoms with van der Waals surface area (Å²) in [5, 5.41) is 3.15. The second kappa shape index (κ2) is 7.20. The van der Waals surface area contributed by atoms with Crippen molar-refractivity contribution in [1.29, 1.82) is 0 Å². The topological polar surface area (TPSA) is 84.1 Å². The third kappa shape index (κ3) is 3.80. The van der Waals surface area contributed by atoms with Crippen molar-refractivity contribution in [3.05, 3.63) is 45.7 Å². The Bertz CT molecular complexity index is 837. The monoisotopic (exact) mass is 429 g/mol. The maximum absolute atomic E-state index is 13.4. The smallest absolute Gasteiger partial charge is 0.383 e. The molecule has 1 aliphatic heterocycles. The Hall–Kier alpha value is -2.20. The molecule has 1 aliphatic rings. The molecule has 26 heavy (non-hydrogen) atoms. The summed E-state index contributed by atoms with van der Waals surface area (Å²) >= 11 is 3.14. The molecule has 0 spiro atoms. The number of piperazine rings is 1. The van der Waals surface area contributed by atoms with Gasteiger partial charge in [-0.25, -0.2) is 9.97 Å². The third-order valence-corrected chi connectivity index (χ3v) is 4.41. The minimum atomic E-state index is -4.71. The van der Waals surface area contributed by atoms with Gasteiger partial charge in [0.2, 0.25) is 5.78 Å². The number of alkyl halides is 3. The zero-order valence-corrected chi connectivity index (χ0v) is 15.1. The highest BCUT2D eigenvalue weighted by atomic mass is 79.9.